The van der Waals surface area contributed by atoms with E-state index in [1.807, 2.05) is 36.6 Å². The summed E-state index contributed by atoms with van der Waals surface area (Å²) in [5.41, 5.74) is 2.41. The molecule has 2 aromatic heterocycles. The maximum absolute atomic E-state index is 12.3. The zero-order chi connectivity index (χ0) is 17.8. The Morgan fingerprint density at radius 3 is 2.68 bits per heavy atom. The Morgan fingerprint density at radius 2 is 1.96 bits per heavy atom. The van der Waals surface area contributed by atoms with Gasteiger partial charge in [-0.15, -0.1) is 11.3 Å². The summed E-state index contributed by atoms with van der Waals surface area (Å²) >= 11 is 2.84. The first-order chi connectivity index (χ1) is 12.1. The summed E-state index contributed by atoms with van der Waals surface area (Å²) in [4.78, 5) is 15.1. The molecule has 0 saturated carbocycles. The molecule has 1 amide bonds. The van der Waals surface area contributed by atoms with E-state index in [0.717, 1.165) is 23.0 Å². The van der Waals surface area contributed by atoms with Gasteiger partial charge in [0.1, 0.15) is 0 Å². The van der Waals surface area contributed by atoms with Crippen molar-refractivity contribution < 1.29 is 4.79 Å². The van der Waals surface area contributed by atoms with Crippen LogP contribution in [0.2, 0.25) is 0 Å². The van der Waals surface area contributed by atoms with Crippen LogP contribution in [0.25, 0.3) is 0 Å². The molecule has 3 aromatic rings. The first-order valence-corrected chi connectivity index (χ1v) is 9.34. The first kappa shape index (κ1) is 17.4. The molecule has 25 heavy (non-hydrogen) atoms. The Kier molecular flexibility index (Phi) is 5.30. The molecule has 0 radical (unpaired) electrons. The molecule has 6 nitrogen and oxygen atoms in total. The molecular weight excluding hydrogens is 354 g/mol. The molecule has 3 rings (SSSR count). The largest absolute Gasteiger partial charge is 0.361 e. The van der Waals surface area contributed by atoms with Crippen molar-refractivity contribution in [3.05, 3.63) is 51.7 Å². The van der Waals surface area contributed by atoms with E-state index >= 15 is 0 Å². The van der Waals surface area contributed by atoms with Gasteiger partial charge in [0.05, 0.1) is 18.3 Å². The fourth-order valence-electron chi connectivity index (χ4n) is 2.34. The van der Waals surface area contributed by atoms with Crippen molar-refractivity contribution in [1.29, 1.82) is 0 Å². The van der Waals surface area contributed by atoms with Crippen LogP contribution in [0.3, 0.4) is 0 Å². The van der Waals surface area contributed by atoms with Gasteiger partial charge < -0.3 is 15.5 Å². The van der Waals surface area contributed by atoms with E-state index in [-0.39, 0.29) is 5.91 Å². The van der Waals surface area contributed by atoms with Gasteiger partial charge in [-0.25, -0.2) is 0 Å². The zero-order valence-corrected chi connectivity index (χ0v) is 15.9. The fraction of sp³-hybridized carbons (Fsp3) is 0.235. The third-order valence-corrected chi connectivity index (χ3v) is 5.13. The summed E-state index contributed by atoms with van der Waals surface area (Å²) in [6.07, 6.45) is 0. The fourth-order valence-corrected chi connectivity index (χ4v) is 3.47. The van der Waals surface area contributed by atoms with Gasteiger partial charge in [-0.3, -0.25) is 4.79 Å². The van der Waals surface area contributed by atoms with E-state index in [0.29, 0.717) is 23.7 Å². The molecule has 0 bridgehead atoms. The second-order valence-electron chi connectivity index (χ2n) is 5.70. The predicted molar refractivity (Wildman–Crippen MR) is 104 cm³/mol. The molecule has 0 saturated heterocycles. The summed E-state index contributed by atoms with van der Waals surface area (Å²) in [5, 5.41) is 8.64. The Bertz CT molecular complexity index is 858. The highest BCUT2D eigenvalue weighted by molar-refractivity contribution is 7.09. The Hall–Kier alpha value is -2.45. The van der Waals surface area contributed by atoms with Gasteiger partial charge in [0.2, 0.25) is 0 Å². The van der Waals surface area contributed by atoms with Crippen LogP contribution in [0.4, 0.5) is 17.3 Å². The maximum atomic E-state index is 12.3. The number of carbonyl (C=O) groups excluding carboxylic acids is 1. The van der Waals surface area contributed by atoms with Crippen LogP contribution < -0.4 is 10.6 Å². The van der Waals surface area contributed by atoms with E-state index < -0.39 is 0 Å². The quantitative estimate of drug-likeness (QED) is 0.684. The normalized spacial score (nSPS) is 10.5. The number of rotatable bonds is 6. The second kappa shape index (κ2) is 7.62. The van der Waals surface area contributed by atoms with Crippen LogP contribution in [0.5, 0.6) is 0 Å². The number of nitrogens with one attached hydrogen (secondary N) is 2. The highest BCUT2D eigenvalue weighted by atomic mass is 32.1. The smallest absolute Gasteiger partial charge is 0.253 e. The molecule has 0 unspecified atom stereocenters. The highest BCUT2D eigenvalue weighted by Crippen LogP contribution is 2.27. The van der Waals surface area contributed by atoms with Crippen molar-refractivity contribution in [2.24, 2.45) is 0 Å². The van der Waals surface area contributed by atoms with Gasteiger partial charge in [0, 0.05) is 30.2 Å². The lowest BCUT2D eigenvalue weighted by Crippen LogP contribution is -2.22. The van der Waals surface area contributed by atoms with Gasteiger partial charge in [-0.2, -0.15) is 8.75 Å². The van der Waals surface area contributed by atoms with Crippen LogP contribution >= 0.6 is 23.1 Å². The summed E-state index contributed by atoms with van der Waals surface area (Å²) in [7, 11) is 3.50. The Labute approximate surface area is 154 Å². The predicted octanol–water partition coefficient (Wildman–Crippen LogP) is 3.97. The topological polar surface area (TPSA) is 70.1 Å². The summed E-state index contributed by atoms with van der Waals surface area (Å²) in [6, 6.07) is 9.73. The van der Waals surface area contributed by atoms with E-state index in [1.54, 1.807) is 30.3 Å². The van der Waals surface area contributed by atoms with Crippen LogP contribution in [0, 0.1) is 6.92 Å². The van der Waals surface area contributed by atoms with Crippen molar-refractivity contribution in [1.82, 2.24) is 13.6 Å². The maximum Gasteiger partial charge on any atom is 0.253 e. The number of thiophene rings is 1. The zero-order valence-electron chi connectivity index (χ0n) is 14.2. The number of hydrogen-bond donors (Lipinski definition) is 2. The van der Waals surface area contributed by atoms with Gasteiger partial charge in [-0.05, 0) is 36.1 Å². The van der Waals surface area contributed by atoms with Crippen LogP contribution in [-0.4, -0.2) is 33.6 Å². The third kappa shape index (κ3) is 3.97. The van der Waals surface area contributed by atoms with E-state index in [1.165, 1.54) is 4.88 Å². The van der Waals surface area contributed by atoms with Crippen molar-refractivity contribution in [3.8, 4) is 0 Å². The molecule has 0 fully saturated rings. The summed E-state index contributed by atoms with van der Waals surface area (Å²) in [6.45, 7) is 2.63. The number of anilines is 3. The molecule has 0 atom stereocenters. The van der Waals surface area contributed by atoms with Gasteiger partial charge in [-0.1, -0.05) is 12.1 Å². The lowest BCUT2D eigenvalue weighted by molar-refractivity contribution is 0.0827. The Morgan fingerprint density at radius 1 is 1.16 bits per heavy atom. The molecule has 0 aliphatic heterocycles. The number of amides is 1. The molecule has 0 spiro atoms. The number of aromatic nitrogens is 2. The molecule has 1 aromatic carbocycles. The lowest BCUT2D eigenvalue weighted by Gasteiger charge is -2.15. The molecule has 2 heterocycles. The van der Waals surface area contributed by atoms with Gasteiger partial charge >= 0.3 is 0 Å². The minimum atomic E-state index is -0.0198. The molecule has 2 N–H and O–H groups in total. The van der Waals surface area contributed by atoms with Crippen molar-refractivity contribution in [2.45, 2.75) is 13.5 Å². The van der Waals surface area contributed by atoms with Gasteiger partial charge in [0.15, 0.2) is 11.6 Å². The molecule has 0 aliphatic carbocycles. The van der Waals surface area contributed by atoms with Crippen LogP contribution in [0.15, 0.2) is 35.7 Å². The average molecular weight is 374 g/mol. The molecular formula is C17H19N5OS2. The minimum Gasteiger partial charge on any atom is -0.361 e. The van der Waals surface area contributed by atoms with E-state index in [9.17, 15) is 4.79 Å². The first-order valence-electron chi connectivity index (χ1n) is 7.73. The second-order valence-corrected chi connectivity index (χ2v) is 7.26. The van der Waals surface area contributed by atoms with Crippen molar-refractivity contribution in [2.75, 3.05) is 24.7 Å². The summed E-state index contributed by atoms with van der Waals surface area (Å²) in [5.74, 6) is 1.36. The number of carbonyl (C=O) groups is 1. The van der Waals surface area contributed by atoms with Gasteiger partial charge in [0.25, 0.3) is 5.91 Å². The summed E-state index contributed by atoms with van der Waals surface area (Å²) < 4.78 is 8.64. The molecule has 130 valence electrons. The third-order valence-electron chi connectivity index (χ3n) is 3.72. The SMILES string of the molecule is Cc1c(Nc2nsnc2NCc2cccs2)cccc1C(=O)N(C)C. The number of benzene rings is 1. The standard InChI is InChI=1S/C17H19N5OS2/c1-11-13(17(23)22(2)3)7-4-8-14(11)19-16-15(20-25-21-16)18-10-12-6-5-9-24-12/h4-9H,10H2,1-3H3,(H,18,20)(H,19,21). The number of hydrogen-bond acceptors (Lipinski definition) is 7. The minimum absolute atomic E-state index is 0.0198. The van der Waals surface area contributed by atoms with E-state index in [4.69, 9.17) is 0 Å². The Balaban J connectivity index is 1.78. The van der Waals surface area contributed by atoms with Crippen LogP contribution in [-0.2, 0) is 6.54 Å². The van der Waals surface area contributed by atoms with Crippen LogP contribution in [0.1, 0.15) is 20.8 Å². The lowest BCUT2D eigenvalue weighted by atomic mass is 10.1. The number of nitrogens with zero attached hydrogens (tertiary/aromatic N) is 3. The van der Waals surface area contributed by atoms with E-state index in [2.05, 4.69) is 25.4 Å². The van der Waals surface area contributed by atoms with Crippen molar-refractivity contribution >= 4 is 46.3 Å². The van der Waals surface area contributed by atoms with Crippen molar-refractivity contribution in [3.63, 3.8) is 0 Å². The average Bonchev–Trinajstić information content (AvgIpc) is 3.25. The molecule has 8 heteroatoms. The molecule has 0 aliphatic rings. The highest BCUT2D eigenvalue weighted by Gasteiger charge is 2.15. The monoisotopic (exact) mass is 373 g/mol.